The minimum absolute atomic E-state index is 0.0752. The molecule has 0 spiro atoms. The highest BCUT2D eigenvalue weighted by molar-refractivity contribution is 5.94. The second-order valence-electron chi connectivity index (χ2n) is 5.61. The summed E-state index contributed by atoms with van der Waals surface area (Å²) < 4.78 is 12.9. The quantitative estimate of drug-likeness (QED) is 0.940. The first-order chi connectivity index (χ1) is 10.7. The predicted octanol–water partition coefficient (Wildman–Crippen LogP) is 3.54. The van der Waals surface area contributed by atoms with E-state index in [1.165, 1.54) is 12.1 Å². The van der Waals surface area contributed by atoms with Crippen LogP contribution in [0.15, 0.2) is 54.6 Å². The summed E-state index contributed by atoms with van der Waals surface area (Å²) in [6, 6.07) is 15.9. The third kappa shape index (κ3) is 3.45. The Morgan fingerprint density at radius 1 is 1.09 bits per heavy atom. The number of anilines is 1. The van der Waals surface area contributed by atoms with Crippen LogP contribution in [0.25, 0.3) is 0 Å². The van der Waals surface area contributed by atoms with Gasteiger partial charge in [0.2, 0.25) is 0 Å². The SMILES string of the molecule is O=C(c1ccccc1)N1CCC[C@H](Nc2ccc(F)cc2)C1. The van der Waals surface area contributed by atoms with E-state index in [-0.39, 0.29) is 17.8 Å². The number of benzene rings is 2. The van der Waals surface area contributed by atoms with Crippen molar-refractivity contribution in [2.75, 3.05) is 18.4 Å². The average Bonchev–Trinajstić information content (AvgIpc) is 2.57. The summed E-state index contributed by atoms with van der Waals surface area (Å²) in [5.74, 6) is -0.165. The Hall–Kier alpha value is -2.36. The lowest BCUT2D eigenvalue weighted by atomic mass is 10.0. The topological polar surface area (TPSA) is 32.3 Å². The van der Waals surface area contributed by atoms with Gasteiger partial charge in [0.1, 0.15) is 5.82 Å². The maximum Gasteiger partial charge on any atom is 0.253 e. The fourth-order valence-electron chi connectivity index (χ4n) is 2.82. The lowest BCUT2D eigenvalue weighted by Gasteiger charge is -2.33. The summed E-state index contributed by atoms with van der Waals surface area (Å²) in [6.07, 6.45) is 1.98. The number of halogens is 1. The second kappa shape index (κ2) is 6.60. The van der Waals surface area contributed by atoms with Gasteiger partial charge in [-0.25, -0.2) is 4.39 Å². The average molecular weight is 298 g/mol. The van der Waals surface area contributed by atoms with E-state index in [1.54, 1.807) is 12.1 Å². The van der Waals surface area contributed by atoms with E-state index in [0.29, 0.717) is 6.54 Å². The molecule has 0 aromatic heterocycles. The van der Waals surface area contributed by atoms with Crippen LogP contribution in [0.2, 0.25) is 0 Å². The highest BCUT2D eigenvalue weighted by Crippen LogP contribution is 2.18. The summed E-state index contributed by atoms with van der Waals surface area (Å²) in [4.78, 5) is 14.4. The van der Waals surface area contributed by atoms with Crippen LogP contribution in [0.5, 0.6) is 0 Å². The van der Waals surface area contributed by atoms with Gasteiger partial charge in [-0.2, -0.15) is 0 Å². The van der Waals surface area contributed by atoms with E-state index in [0.717, 1.165) is 30.6 Å². The first-order valence-electron chi connectivity index (χ1n) is 7.59. The predicted molar refractivity (Wildman–Crippen MR) is 85.4 cm³/mol. The van der Waals surface area contributed by atoms with Gasteiger partial charge in [-0.3, -0.25) is 4.79 Å². The number of carbonyl (C=O) groups is 1. The van der Waals surface area contributed by atoms with E-state index in [9.17, 15) is 9.18 Å². The van der Waals surface area contributed by atoms with Gasteiger partial charge in [0, 0.05) is 30.4 Å². The Morgan fingerprint density at radius 2 is 1.82 bits per heavy atom. The molecular formula is C18H19FN2O. The third-order valence-corrected chi connectivity index (χ3v) is 3.94. The molecule has 0 saturated carbocycles. The summed E-state index contributed by atoms with van der Waals surface area (Å²) >= 11 is 0. The van der Waals surface area contributed by atoms with Gasteiger partial charge in [-0.1, -0.05) is 18.2 Å². The van der Waals surface area contributed by atoms with Gasteiger partial charge in [-0.15, -0.1) is 0 Å². The van der Waals surface area contributed by atoms with E-state index in [2.05, 4.69) is 5.32 Å². The molecule has 1 N–H and O–H groups in total. The molecule has 0 aliphatic carbocycles. The van der Waals surface area contributed by atoms with E-state index >= 15 is 0 Å². The van der Waals surface area contributed by atoms with Crippen molar-refractivity contribution in [3.63, 3.8) is 0 Å². The molecule has 1 fully saturated rings. The lowest BCUT2D eigenvalue weighted by Crippen LogP contribution is -2.45. The lowest BCUT2D eigenvalue weighted by molar-refractivity contribution is 0.0715. The highest BCUT2D eigenvalue weighted by Gasteiger charge is 2.24. The van der Waals surface area contributed by atoms with Crippen molar-refractivity contribution in [2.45, 2.75) is 18.9 Å². The first kappa shape index (κ1) is 14.6. The molecule has 114 valence electrons. The maximum atomic E-state index is 12.9. The zero-order valence-corrected chi connectivity index (χ0v) is 12.3. The van der Waals surface area contributed by atoms with Crippen molar-refractivity contribution in [2.24, 2.45) is 0 Å². The van der Waals surface area contributed by atoms with Crippen molar-refractivity contribution >= 4 is 11.6 Å². The Balaban J connectivity index is 1.64. The molecule has 1 amide bonds. The monoisotopic (exact) mass is 298 g/mol. The normalized spacial score (nSPS) is 18.0. The summed E-state index contributed by atoms with van der Waals surface area (Å²) in [7, 11) is 0. The number of piperidine rings is 1. The van der Waals surface area contributed by atoms with Crippen LogP contribution in [0, 0.1) is 5.82 Å². The number of carbonyl (C=O) groups excluding carboxylic acids is 1. The Labute approximate surface area is 129 Å². The highest BCUT2D eigenvalue weighted by atomic mass is 19.1. The molecule has 1 heterocycles. The fourth-order valence-corrected chi connectivity index (χ4v) is 2.82. The fraction of sp³-hybridized carbons (Fsp3) is 0.278. The smallest absolute Gasteiger partial charge is 0.253 e. The number of nitrogens with zero attached hydrogens (tertiary/aromatic N) is 1. The van der Waals surface area contributed by atoms with Crippen LogP contribution in [0.3, 0.4) is 0 Å². The molecule has 3 rings (SSSR count). The van der Waals surface area contributed by atoms with Crippen molar-refractivity contribution < 1.29 is 9.18 Å². The Morgan fingerprint density at radius 3 is 2.55 bits per heavy atom. The summed E-state index contributed by atoms with van der Waals surface area (Å²) in [5.41, 5.74) is 1.62. The molecule has 2 aromatic rings. The molecule has 0 bridgehead atoms. The third-order valence-electron chi connectivity index (χ3n) is 3.94. The number of nitrogens with one attached hydrogen (secondary N) is 1. The van der Waals surface area contributed by atoms with Crippen molar-refractivity contribution in [3.05, 3.63) is 66.0 Å². The molecule has 22 heavy (non-hydrogen) atoms. The van der Waals surface area contributed by atoms with Gasteiger partial charge < -0.3 is 10.2 Å². The molecule has 3 nitrogen and oxygen atoms in total. The standard InChI is InChI=1S/C18H19FN2O/c19-15-8-10-16(11-9-15)20-17-7-4-12-21(13-17)18(22)14-5-2-1-3-6-14/h1-3,5-6,8-11,17,20H,4,7,12-13H2/t17-/m0/s1. The molecule has 1 aliphatic heterocycles. The van der Waals surface area contributed by atoms with Crippen LogP contribution in [-0.2, 0) is 0 Å². The van der Waals surface area contributed by atoms with Crippen molar-refractivity contribution in [1.82, 2.24) is 4.90 Å². The van der Waals surface area contributed by atoms with Gasteiger partial charge >= 0.3 is 0 Å². The zero-order valence-electron chi connectivity index (χ0n) is 12.3. The number of likely N-dealkylation sites (tertiary alicyclic amines) is 1. The first-order valence-corrected chi connectivity index (χ1v) is 7.59. The molecule has 1 saturated heterocycles. The van der Waals surface area contributed by atoms with Gasteiger partial charge in [-0.05, 0) is 49.2 Å². The largest absolute Gasteiger partial charge is 0.381 e. The molecule has 2 aromatic carbocycles. The van der Waals surface area contributed by atoms with E-state index < -0.39 is 0 Å². The van der Waals surface area contributed by atoms with Crippen LogP contribution >= 0.6 is 0 Å². The number of hydrogen-bond acceptors (Lipinski definition) is 2. The second-order valence-corrected chi connectivity index (χ2v) is 5.61. The van der Waals surface area contributed by atoms with E-state index in [4.69, 9.17) is 0 Å². The molecular weight excluding hydrogens is 279 g/mol. The number of rotatable bonds is 3. The van der Waals surface area contributed by atoms with Crippen molar-refractivity contribution in [3.8, 4) is 0 Å². The summed E-state index contributed by atoms with van der Waals surface area (Å²) in [6.45, 7) is 1.46. The molecule has 0 radical (unpaired) electrons. The minimum Gasteiger partial charge on any atom is -0.381 e. The van der Waals surface area contributed by atoms with Crippen LogP contribution < -0.4 is 5.32 Å². The molecule has 1 aliphatic rings. The van der Waals surface area contributed by atoms with E-state index in [1.807, 2.05) is 35.2 Å². The van der Waals surface area contributed by atoms with Crippen LogP contribution in [0.1, 0.15) is 23.2 Å². The van der Waals surface area contributed by atoms with Crippen LogP contribution in [-0.4, -0.2) is 29.9 Å². The molecule has 0 unspecified atom stereocenters. The van der Waals surface area contributed by atoms with Crippen LogP contribution in [0.4, 0.5) is 10.1 Å². The number of amides is 1. The number of hydrogen-bond donors (Lipinski definition) is 1. The van der Waals surface area contributed by atoms with Crippen molar-refractivity contribution in [1.29, 1.82) is 0 Å². The zero-order chi connectivity index (χ0) is 15.4. The minimum atomic E-state index is -0.241. The van der Waals surface area contributed by atoms with Gasteiger partial charge in [0.15, 0.2) is 0 Å². The van der Waals surface area contributed by atoms with Gasteiger partial charge in [0.25, 0.3) is 5.91 Å². The Kier molecular flexibility index (Phi) is 4.37. The van der Waals surface area contributed by atoms with Gasteiger partial charge in [0.05, 0.1) is 0 Å². The molecule has 4 heteroatoms. The molecule has 1 atom stereocenters. The maximum absolute atomic E-state index is 12.9. The Bertz CT molecular complexity index is 627. The summed E-state index contributed by atoms with van der Waals surface area (Å²) in [5, 5.41) is 3.38.